The average Bonchev–Trinajstić information content (AvgIpc) is 2.48. The lowest BCUT2D eigenvalue weighted by Gasteiger charge is -2.23. The van der Waals surface area contributed by atoms with Gasteiger partial charge in [-0.15, -0.1) is 0 Å². The van der Waals surface area contributed by atoms with E-state index in [1.54, 1.807) is 13.1 Å². The summed E-state index contributed by atoms with van der Waals surface area (Å²) in [6, 6.07) is 0. The third kappa shape index (κ3) is 1.52. The van der Waals surface area contributed by atoms with Crippen molar-refractivity contribution in [3.8, 4) is 0 Å². The first-order valence-electron chi connectivity index (χ1n) is 4.96. The lowest BCUT2D eigenvalue weighted by Crippen LogP contribution is -2.11. The van der Waals surface area contributed by atoms with Gasteiger partial charge in [-0.2, -0.15) is 0 Å². The molecule has 0 spiro atoms. The van der Waals surface area contributed by atoms with Gasteiger partial charge in [0.1, 0.15) is 11.7 Å². The van der Waals surface area contributed by atoms with Crippen molar-refractivity contribution in [1.29, 1.82) is 0 Å². The summed E-state index contributed by atoms with van der Waals surface area (Å²) in [6.45, 7) is 1.64. The van der Waals surface area contributed by atoms with Crippen molar-refractivity contribution >= 4 is 5.97 Å². The van der Waals surface area contributed by atoms with Crippen molar-refractivity contribution in [3.05, 3.63) is 17.7 Å². The number of nitrogens with zero attached hydrogens (tertiary/aromatic N) is 1. The second kappa shape index (κ2) is 3.44. The molecule has 0 saturated heterocycles. The van der Waals surface area contributed by atoms with Crippen LogP contribution in [0.3, 0.4) is 0 Å². The number of imidazole rings is 1. The van der Waals surface area contributed by atoms with E-state index in [9.17, 15) is 4.79 Å². The van der Waals surface area contributed by atoms with Gasteiger partial charge >= 0.3 is 5.97 Å². The second-order valence-corrected chi connectivity index (χ2v) is 3.91. The Morgan fingerprint density at radius 1 is 1.71 bits per heavy atom. The summed E-state index contributed by atoms with van der Waals surface area (Å²) in [7, 11) is 0. The molecule has 2 rings (SSSR count). The van der Waals surface area contributed by atoms with E-state index in [0.29, 0.717) is 11.7 Å². The van der Waals surface area contributed by atoms with Gasteiger partial charge in [0.05, 0.1) is 0 Å². The van der Waals surface area contributed by atoms with Crippen LogP contribution in [-0.2, 0) is 4.79 Å². The van der Waals surface area contributed by atoms with Crippen molar-refractivity contribution in [2.45, 2.75) is 38.0 Å². The molecule has 2 N–H and O–H groups in total. The summed E-state index contributed by atoms with van der Waals surface area (Å²) in [6.07, 6.45) is 5.44. The number of rotatable bonds is 3. The van der Waals surface area contributed by atoms with Gasteiger partial charge in [0, 0.05) is 17.8 Å². The van der Waals surface area contributed by atoms with Crippen LogP contribution >= 0.6 is 0 Å². The van der Waals surface area contributed by atoms with Gasteiger partial charge in [-0.1, -0.05) is 6.42 Å². The molecule has 1 atom stereocenters. The Balaban J connectivity index is 2.12. The smallest absolute Gasteiger partial charge is 0.313 e. The molecule has 0 bridgehead atoms. The Hall–Kier alpha value is -1.32. The number of carbonyl (C=O) groups is 1. The van der Waals surface area contributed by atoms with Gasteiger partial charge < -0.3 is 10.1 Å². The summed E-state index contributed by atoms with van der Waals surface area (Å²) in [4.78, 5) is 17.9. The Bertz CT molecular complexity index is 342. The van der Waals surface area contributed by atoms with E-state index < -0.39 is 11.9 Å². The summed E-state index contributed by atoms with van der Waals surface area (Å²) in [5.74, 6) is -0.222. The molecule has 0 aromatic carbocycles. The fourth-order valence-corrected chi connectivity index (χ4v) is 1.62. The van der Waals surface area contributed by atoms with Gasteiger partial charge in [-0.25, -0.2) is 4.98 Å². The van der Waals surface area contributed by atoms with E-state index in [1.807, 2.05) is 0 Å². The Kier molecular flexibility index (Phi) is 2.27. The number of hydrogen-bond donors (Lipinski definition) is 2. The minimum absolute atomic E-state index is 0.538. The zero-order valence-corrected chi connectivity index (χ0v) is 8.16. The summed E-state index contributed by atoms with van der Waals surface area (Å²) in [5.41, 5.74) is 1.10. The third-order valence-corrected chi connectivity index (χ3v) is 2.94. The lowest BCUT2D eigenvalue weighted by atomic mass is 9.83. The van der Waals surface area contributed by atoms with E-state index in [2.05, 4.69) is 9.97 Å². The molecule has 0 amide bonds. The predicted molar refractivity (Wildman–Crippen MR) is 51.2 cm³/mol. The fourth-order valence-electron chi connectivity index (χ4n) is 1.62. The number of H-pyrrole nitrogens is 1. The maximum atomic E-state index is 10.7. The van der Waals surface area contributed by atoms with Crippen LogP contribution in [0.15, 0.2) is 6.20 Å². The van der Waals surface area contributed by atoms with Crippen molar-refractivity contribution < 1.29 is 9.90 Å². The van der Waals surface area contributed by atoms with Crippen molar-refractivity contribution in [1.82, 2.24) is 9.97 Å². The molecule has 1 fully saturated rings. The Morgan fingerprint density at radius 3 is 2.93 bits per heavy atom. The number of aromatic amines is 1. The van der Waals surface area contributed by atoms with Gasteiger partial charge in [0.2, 0.25) is 0 Å². The van der Waals surface area contributed by atoms with Crippen LogP contribution in [0.2, 0.25) is 0 Å². The van der Waals surface area contributed by atoms with E-state index in [4.69, 9.17) is 5.11 Å². The number of hydrogen-bond acceptors (Lipinski definition) is 2. The molecule has 1 heterocycles. The third-order valence-electron chi connectivity index (χ3n) is 2.94. The standard InChI is InChI=1S/C10H14N2O2/c1-6(10(13)14)9-11-5-8(12-9)7-3-2-4-7/h5-7H,2-4H2,1H3,(H,11,12)(H,13,14). The highest BCUT2D eigenvalue weighted by atomic mass is 16.4. The van der Waals surface area contributed by atoms with Gasteiger partial charge in [0.15, 0.2) is 0 Å². The quantitative estimate of drug-likeness (QED) is 0.771. The van der Waals surface area contributed by atoms with E-state index in [0.717, 1.165) is 5.69 Å². The summed E-state index contributed by atoms with van der Waals surface area (Å²) >= 11 is 0. The normalized spacial score (nSPS) is 18.9. The SMILES string of the molecule is CC(C(=O)O)c1ncc(C2CCC2)[nH]1. The maximum absolute atomic E-state index is 10.7. The van der Waals surface area contributed by atoms with Crippen molar-refractivity contribution in [3.63, 3.8) is 0 Å². The number of aromatic nitrogens is 2. The number of nitrogens with one attached hydrogen (secondary N) is 1. The molecule has 4 heteroatoms. The van der Waals surface area contributed by atoms with Gasteiger partial charge in [-0.3, -0.25) is 4.79 Å². The van der Waals surface area contributed by atoms with Crippen LogP contribution in [0.1, 0.15) is 49.5 Å². The number of aliphatic carboxylic acids is 1. The van der Waals surface area contributed by atoms with E-state index in [-0.39, 0.29) is 0 Å². The summed E-state index contributed by atoms with van der Waals surface area (Å²) < 4.78 is 0. The molecule has 1 aliphatic rings. The Morgan fingerprint density at radius 2 is 2.43 bits per heavy atom. The van der Waals surface area contributed by atoms with Gasteiger partial charge in [0.25, 0.3) is 0 Å². The first kappa shape index (κ1) is 9.24. The predicted octanol–water partition coefficient (Wildman–Crippen LogP) is 1.87. The van der Waals surface area contributed by atoms with Crippen LogP contribution in [0.5, 0.6) is 0 Å². The minimum Gasteiger partial charge on any atom is -0.481 e. The Labute approximate surface area is 82.4 Å². The van der Waals surface area contributed by atoms with Crippen LogP contribution in [0.25, 0.3) is 0 Å². The molecule has 1 aromatic rings. The first-order valence-corrected chi connectivity index (χ1v) is 4.96. The highest BCUT2D eigenvalue weighted by molar-refractivity contribution is 5.74. The summed E-state index contributed by atoms with van der Waals surface area (Å²) in [5, 5.41) is 8.79. The van der Waals surface area contributed by atoms with Crippen LogP contribution in [0, 0.1) is 0 Å². The lowest BCUT2D eigenvalue weighted by molar-refractivity contribution is -0.138. The second-order valence-electron chi connectivity index (χ2n) is 3.91. The van der Waals surface area contributed by atoms with Crippen LogP contribution < -0.4 is 0 Å². The molecular weight excluding hydrogens is 180 g/mol. The van der Waals surface area contributed by atoms with E-state index >= 15 is 0 Å². The molecule has 1 unspecified atom stereocenters. The first-order chi connectivity index (χ1) is 6.68. The molecule has 14 heavy (non-hydrogen) atoms. The topological polar surface area (TPSA) is 66.0 Å². The largest absolute Gasteiger partial charge is 0.481 e. The molecular formula is C10H14N2O2. The van der Waals surface area contributed by atoms with Crippen molar-refractivity contribution in [2.75, 3.05) is 0 Å². The molecule has 1 saturated carbocycles. The van der Waals surface area contributed by atoms with Crippen LogP contribution in [-0.4, -0.2) is 21.0 Å². The van der Waals surface area contributed by atoms with E-state index in [1.165, 1.54) is 19.3 Å². The number of carboxylic acids is 1. The average molecular weight is 194 g/mol. The number of carboxylic acid groups (broad SMARTS) is 1. The molecule has 0 radical (unpaired) electrons. The molecule has 1 aliphatic carbocycles. The molecule has 4 nitrogen and oxygen atoms in total. The van der Waals surface area contributed by atoms with Crippen molar-refractivity contribution in [2.24, 2.45) is 0 Å². The monoisotopic (exact) mass is 194 g/mol. The minimum atomic E-state index is -0.834. The zero-order chi connectivity index (χ0) is 10.1. The van der Waals surface area contributed by atoms with Crippen LogP contribution in [0.4, 0.5) is 0 Å². The molecule has 0 aliphatic heterocycles. The molecule has 1 aromatic heterocycles. The molecule has 76 valence electrons. The zero-order valence-electron chi connectivity index (χ0n) is 8.16. The van der Waals surface area contributed by atoms with Gasteiger partial charge in [-0.05, 0) is 19.8 Å². The highest BCUT2D eigenvalue weighted by Crippen LogP contribution is 2.35. The fraction of sp³-hybridized carbons (Fsp3) is 0.600. The maximum Gasteiger partial charge on any atom is 0.313 e. The highest BCUT2D eigenvalue weighted by Gasteiger charge is 2.23.